The molecule has 1 atom stereocenters. The molecule has 2 aromatic rings. The number of hydrogen-bond acceptors (Lipinski definition) is 5. The second kappa shape index (κ2) is 9.73. The van der Waals surface area contributed by atoms with Crippen LogP contribution in [0.5, 0.6) is 0 Å². The highest BCUT2D eigenvalue weighted by atomic mass is 32.2. The summed E-state index contributed by atoms with van der Waals surface area (Å²) < 4.78 is 0. The number of anilines is 1. The summed E-state index contributed by atoms with van der Waals surface area (Å²) in [6.45, 7) is 11.4. The van der Waals surface area contributed by atoms with Gasteiger partial charge in [-0.15, -0.1) is 0 Å². The lowest BCUT2D eigenvalue weighted by Crippen LogP contribution is -2.49. The Labute approximate surface area is 188 Å². The van der Waals surface area contributed by atoms with Gasteiger partial charge in [0.25, 0.3) is 5.91 Å². The number of piperazine rings is 1. The van der Waals surface area contributed by atoms with E-state index in [2.05, 4.69) is 54.9 Å². The second-order valence-corrected chi connectivity index (χ2v) is 10.0. The fourth-order valence-corrected chi connectivity index (χ4v) is 4.57. The summed E-state index contributed by atoms with van der Waals surface area (Å²) in [7, 11) is 0. The number of pyridine rings is 1. The third-order valence-electron chi connectivity index (χ3n) is 5.51. The zero-order valence-corrected chi connectivity index (χ0v) is 19.5. The second-order valence-electron chi connectivity index (χ2n) is 8.78. The zero-order chi connectivity index (χ0) is 22.6. The Hall–Kier alpha value is -2.54. The Bertz CT molecular complexity index is 916. The average molecular weight is 442 g/mol. The van der Waals surface area contributed by atoms with Crippen molar-refractivity contribution in [3.8, 4) is 0 Å². The fourth-order valence-electron chi connectivity index (χ4n) is 3.75. The lowest BCUT2D eigenvalue weighted by molar-refractivity contribution is -0.136. The lowest BCUT2D eigenvalue weighted by atomic mass is 9.85. The number of carbonyl (C=O) groups excluding carboxylic acids is 1. The maximum absolute atomic E-state index is 12.9. The summed E-state index contributed by atoms with van der Waals surface area (Å²) in [6, 6.07) is 12.0. The van der Waals surface area contributed by atoms with Gasteiger partial charge in [0.15, 0.2) is 0 Å². The van der Waals surface area contributed by atoms with Crippen LogP contribution >= 0.6 is 11.8 Å². The van der Waals surface area contributed by atoms with Crippen molar-refractivity contribution in [3.05, 3.63) is 53.7 Å². The van der Waals surface area contributed by atoms with Crippen molar-refractivity contribution >= 4 is 29.3 Å². The minimum Gasteiger partial charge on any atom is -0.480 e. The number of carboxylic acid groups (broad SMARTS) is 1. The van der Waals surface area contributed by atoms with E-state index >= 15 is 0 Å². The van der Waals surface area contributed by atoms with Gasteiger partial charge in [-0.2, -0.15) is 0 Å². The smallest absolute Gasteiger partial charge is 0.317 e. The standard InChI is InChI=1S/C24H31N3O3S/c1-5-20(23(29)30)31-21-11-10-17(16-25-21)22(28)27-14-12-26(13-15-27)19-9-7-6-8-18(19)24(2,3)4/h6-11,16,20H,5,12-15H2,1-4H3,(H,29,30). The minimum absolute atomic E-state index is 0.0296. The molecule has 166 valence electrons. The summed E-state index contributed by atoms with van der Waals surface area (Å²) in [6.07, 6.45) is 2.07. The van der Waals surface area contributed by atoms with E-state index in [0.29, 0.717) is 30.1 Å². The van der Waals surface area contributed by atoms with Crippen LogP contribution in [0.25, 0.3) is 0 Å². The highest BCUT2D eigenvalue weighted by Gasteiger charge is 2.26. The molecule has 1 N–H and O–H groups in total. The first kappa shape index (κ1) is 23.1. The van der Waals surface area contributed by atoms with E-state index in [9.17, 15) is 14.7 Å². The molecule has 0 radical (unpaired) electrons. The maximum Gasteiger partial charge on any atom is 0.317 e. The van der Waals surface area contributed by atoms with Crippen molar-refractivity contribution in [1.29, 1.82) is 0 Å². The Morgan fingerprint density at radius 1 is 1.10 bits per heavy atom. The topological polar surface area (TPSA) is 73.7 Å². The molecule has 0 saturated carbocycles. The molecule has 1 amide bonds. The molecule has 1 aliphatic heterocycles. The van der Waals surface area contributed by atoms with Gasteiger partial charge in [0.1, 0.15) is 5.25 Å². The van der Waals surface area contributed by atoms with Gasteiger partial charge in [-0.3, -0.25) is 9.59 Å². The molecule has 1 unspecified atom stereocenters. The molecule has 0 bridgehead atoms. The number of thioether (sulfide) groups is 1. The van der Waals surface area contributed by atoms with Gasteiger partial charge in [-0.05, 0) is 35.6 Å². The third kappa shape index (κ3) is 5.58. The number of aliphatic carboxylic acids is 1. The van der Waals surface area contributed by atoms with Gasteiger partial charge in [-0.25, -0.2) is 4.98 Å². The SMILES string of the molecule is CCC(Sc1ccc(C(=O)N2CCN(c3ccccc3C(C)(C)C)CC2)cn1)C(=O)O. The molecule has 1 aliphatic rings. The number of aromatic nitrogens is 1. The largest absolute Gasteiger partial charge is 0.480 e. The molecule has 0 aliphatic carbocycles. The van der Waals surface area contributed by atoms with Crippen molar-refractivity contribution in [2.45, 2.75) is 49.8 Å². The number of carbonyl (C=O) groups is 2. The fraction of sp³-hybridized carbons (Fsp3) is 0.458. The Kier molecular flexibility index (Phi) is 7.26. The van der Waals surface area contributed by atoms with Crippen LogP contribution < -0.4 is 4.90 Å². The maximum atomic E-state index is 12.9. The first-order chi connectivity index (χ1) is 14.7. The van der Waals surface area contributed by atoms with Crippen molar-refractivity contribution in [2.24, 2.45) is 0 Å². The summed E-state index contributed by atoms with van der Waals surface area (Å²) >= 11 is 1.21. The van der Waals surface area contributed by atoms with Crippen molar-refractivity contribution in [1.82, 2.24) is 9.88 Å². The molecule has 1 saturated heterocycles. The van der Waals surface area contributed by atoms with E-state index in [-0.39, 0.29) is 11.3 Å². The van der Waals surface area contributed by atoms with Crippen LogP contribution in [0.4, 0.5) is 5.69 Å². The van der Waals surface area contributed by atoms with Crippen LogP contribution in [-0.4, -0.2) is 58.3 Å². The Morgan fingerprint density at radius 2 is 1.77 bits per heavy atom. The molecular weight excluding hydrogens is 410 g/mol. The van der Waals surface area contributed by atoms with Crippen molar-refractivity contribution in [2.75, 3.05) is 31.1 Å². The van der Waals surface area contributed by atoms with Gasteiger partial charge in [-0.1, -0.05) is 57.7 Å². The number of para-hydroxylation sites is 1. The van der Waals surface area contributed by atoms with E-state index in [4.69, 9.17) is 0 Å². The highest BCUT2D eigenvalue weighted by molar-refractivity contribution is 8.00. The molecule has 31 heavy (non-hydrogen) atoms. The Morgan fingerprint density at radius 3 is 2.32 bits per heavy atom. The molecule has 3 rings (SSSR count). The van der Waals surface area contributed by atoms with Crippen LogP contribution in [0.2, 0.25) is 0 Å². The summed E-state index contributed by atoms with van der Waals surface area (Å²) in [4.78, 5) is 32.7. The molecule has 2 heterocycles. The van der Waals surface area contributed by atoms with Crippen LogP contribution in [0.15, 0.2) is 47.6 Å². The quantitative estimate of drug-likeness (QED) is 0.674. The number of benzene rings is 1. The van der Waals surface area contributed by atoms with Crippen molar-refractivity contribution < 1.29 is 14.7 Å². The molecular formula is C24H31N3O3S. The molecule has 1 aromatic heterocycles. The number of amides is 1. The normalized spacial score (nSPS) is 15.6. The molecule has 6 nitrogen and oxygen atoms in total. The first-order valence-corrected chi connectivity index (χ1v) is 11.6. The predicted octanol–water partition coefficient (Wildman–Crippen LogP) is 4.30. The van der Waals surface area contributed by atoms with E-state index in [1.165, 1.54) is 23.0 Å². The summed E-state index contributed by atoms with van der Waals surface area (Å²) in [5.41, 5.74) is 3.16. The van der Waals surface area contributed by atoms with Gasteiger partial charge < -0.3 is 14.9 Å². The molecule has 1 aromatic carbocycles. The highest BCUT2D eigenvalue weighted by Crippen LogP contribution is 2.32. The summed E-state index contributed by atoms with van der Waals surface area (Å²) in [5.74, 6) is -0.876. The first-order valence-electron chi connectivity index (χ1n) is 10.7. The lowest BCUT2D eigenvalue weighted by Gasteiger charge is -2.38. The van der Waals surface area contributed by atoms with Gasteiger partial charge in [0.05, 0.1) is 10.6 Å². The monoisotopic (exact) mass is 441 g/mol. The van der Waals surface area contributed by atoms with E-state index < -0.39 is 11.2 Å². The van der Waals surface area contributed by atoms with Crippen LogP contribution in [0.1, 0.15) is 50.0 Å². The van der Waals surface area contributed by atoms with Crippen LogP contribution in [0.3, 0.4) is 0 Å². The van der Waals surface area contributed by atoms with Gasteiger partial charge in [0, 0.05) is 38.1 Å². The van der Waals surface area contributed by atoms with Crippen LogP contribution in [-0.2, 0) is 10.2 Å². The zero-order valence-electron chi connectivity index (χ0n) is 18.7. The average Bonchev–Trinajstić information content (AvgIpc) is 2.76. The summed E-state index contributed by atoms with van der Waals surface area (Å²) in [5, 5.41) is 9.29. The minimum atomic E-state index is -0.847. The number of hydrogen-bond donors (Lipinski definition) is 1. The van der Waals surface area contributed by atoms with E-state index in [0.717, 1.165) is 13.1 Å². The van der Waals surface area contributed by atoms with E-state index in [1.807, 2.05) is 11.8 Å². The third-order valence-corrected chi connectivity index (χ3v) is 6.81. The number of nitrogens with zero attached hydrogens (tertiary/aromatic N) is 3. The number of rotatable bonds is 6. The molecule has 1 fully saturated rings. The molecule has 7 heteroatoms. The van der Waals surface area contributed by atoms with Gasteiger partial charge in [0.2, 0.25) is 0 Å². The molecule has 0 spiro atoms. The Balaban J connectivity index is 1.63. The predicted molar refractivity (Wildman–Crippen MR) is 125 cm³/mol. The van der Waals surface area contributed by atoms with Crippen LogP contribution in [0, 0.1) is 0 Å². The van der Waals surface area contributed by atoms with E-state index in [1.54, 1.807) is 18.3 Å². The van der Waals surface area contributed by atoms with Gasteiger partial charge >= 0.3 is 5.97 Å². The number of carboxylic acids is 1. The van der Waals surface area contributed by atoms with Crippen molar-refractivity contribution in [3.63, 3.8) is 0 Å².